The fourth-order valence-corrected chi connectivity index (χ4v) is 19.2. The summed E-state index contributed by atoms with van der Waals surface area (Å²) in [5.41, 5.74) is 8.16. The monoisotopic (exact) mass is 968 g/mol. The molecule has 0 radical (unpaired) electrons. The summed E-state index contributed by atoms with van der Waals surface area (Å²) < 4.78 is 5.67. The number of nitrogens with zero attached hydrogens (tertiary/aromatic N) is 4. The van der Waals surface area contributed by atoms with Crippen molar-refractivity contribution in [2.75, 3.05) is 0 Å². The van der Waals surface area contributed by atoms with Gasteiger partial charge in [0.25, 0.3) is 0 Å². The van der Waals surface area contributed by atoms with E-state index in [1.165, 1.54) is 34.5 Å². The molecule has 0 amide bonds. The van der Waals surface area contributed by atoms with Gasteiger partial charge in [-0.05, 0) is 0 Å². The molecule has 0 saturated heterocycles. The number of rotatable bonds is 0. The van der Waals surface area contributed by atoms with E-state index in [4.69, 9.17) is 20.0 Å². The zero-order valence-electron chi connectivity index (χ0n) is 25.4. The molecule has 0 saturated carbocycles. The molecule has 0 bridgehead atoms. The quantitative estimate of drug-likeness (QED) is 0.146. The Morgan fingerprint density at radius 1 is 0.261 bits per heavy atom. The molecule has 1 aliphatic rings. The Labute approximate surface area is 294 Å². The first kappa shape index (κ1) is 30.5. The average Bonchev–Trinajstić information content (AvgIpc) is 3.10. The molecule has 0 N–H and O–H groups in total. The summed E-state index contributed by atoms with van der Waals surface area (Å²) in [5, 5.41) is 0. The van der Waals surface area contributed by atoms with Crippen LogP contribution in [0.15, 0.2) is 166 Å². The van der Waals surface area contributed by atoms with Crippen molar-refractivity contribution in [3.05, 3.63) is 168 Å². The number of fused-ring (bicyclic) bond motifs is 6. The summed E-state index contributed by atoms with van der Waals surface area (Å²) in [7, 11) is 0. The zero-order valence-corrected chi connectivity index (χ0v) is 36.4. The second kappa shape index (κ2) is 15.0. The van der Waals surface area contributed by atoms with Gasteiger partial charge < -0.3 is 0 Å². The van der Waals surface area contributed by atoms with Crippen molar-refractivity contribution in [2.24, 2.45) is 20.0 Å². The topological polar surface area (TPSA) is 49.4 Å². The SMILES string of the molecule is C1=Nc2ccccc2N=Cc2cccc[c]2[Hg][c]2ccccc2C=Nc2ccccc2N=Cc2cccc[c]2[Hg][c]2ccccc21. The van der Waals surface area contributed by atoms with Gasteiger partial charge in [0.2, 0.25) is 0 Å². The van der Waals surface area contributed by atoms with Gasteiger partial charge in [0.05, 0.1) is 0 Å². The first-order chi connectivity index (χ1) is 22.8. The third-order valence-corrected chi connectivity index (χ3v) is 24.1. The number of hydrogen-bond acceptors (Lipinski definition) is 4. The van der Waals surface area contributed by atoms with Crippen LogP contribution in [0.2, 0.25) is 0 Å². The third kappa shape index (κ3) is 7.46. The fraction of sp³-hybridized carbons (Fsp3) is 0. The standard InChI is InChI=1S/2C20H14N2.2Hg/c2*1-3-9-17(10-4-1)15-21-19-13-7-8-14-20(19)22-16-18-11-5-2-6-12-18;;/h2*1-9,11,13-16H;;. The van der Waals surface area contributed by atoms with Crippen molar-refractivity contribution in [1.29, 1.82) is 0 Å². The Hall–Kier alpha value is -4.13. The van der Waals surface area contributed by atoms with Crippen LogP contribution >= 0.6 is 0 Å². The molecule has 4 nitrogen and oxygen atoms in total. The van der Waals surface area contributed by atoms with Gasteiger partial charge in [0.15, 0.2) is 0 Å². The van der Waals surface area contributed by atoms with Gasteiger partial charge in [0, 0.05) is 0 Å². The molecule has 6 heteroatoms. The van der Waals surface area contributed by atoms with Gasteiger partial charge in [-0.25, -0.2) is 0 Å². The van der Waals surface area contributed by atoms with Crippen LogP contribution in [-0.4, -0.2) is 24.9 Å². The van der Waals surface area contributed by atoms with Crippen LogP contribution in [-0.2, 0) is 49.1 Å². The van der Waals surface area contributed by atoms with Gasteiger partial charge in [-0.3, -0.25) is 0 Å². The van der Waals surface area contributed by atoms with E-state index < -0.39 is 49.1 Å². The molecule has 46 heavy (non-hydrogen) atoms. The molecular weight excluding hydrogens is 938 g/mol. The van der Waals surface area contributed by atoms with Crippen LogP contribution in [0.3, 0.4) is 0 Å². The van der Waals surface area contributed by atoms with Crippen LogP contribution < -0.4 is 12.3 Å². The van der Waals surface area contributed by atoms with Gasteiger partial charge in [-0.2, -0.15) is 0 Å². The fourth-order valence-electron chi connectivity index (χ4n) is 5.62. The first-order valence-corrected chi connectivity index (χ1v) is 26.5. The van der Waals surface area contributed by atoms with E-state index >= 15 is 0 Å². The first-order valence-electron chi connectivity index (χ1n) is 15.5. The summed E-state index contributed by atoms with van der Waals surface area (Å²) in [5.74, 6) is 0. The second-order valence-electron chi connectivity index (χ2n) is 11.2. The molecule has 0 spiro atoms. The molecule has 6 aromatic carbocycles. The average molecular weight is 966 g/mol. The summed E-state index contributed by atoms with van der Waals surface area (Å²) in [6, 6.07) is 51.0. The van der Waals surface area contributed by atoms with Gasteiger partial charge >= 0.3 is 297 Å². The summed E-state index contributed by atoms with van der Waals surface area (Å²) in [6.07, 6.45) is 8.07. The number of benzene rings is 6. The van der Waals surface area contributed by atoms with Crippen molar-refractivity contribution in [3.8, 4) is 0 Å². The van der Waals surface area contributed by atoms with Crippen LogP contribution in [0.1, 0.15) is 22.3 Å². The van der Waals surface area contributed by atoms with Crippen LogP contribution in [0.5, 0.6) is 0 Å². The Morgan fingerprint density at radius 3 is 0.739 bits per heavy atom. The molecule has 0 atom stereocenters. The number of para-hydroxylation sites is 4. The van der Waals surface area contributed by atoms with Crippen LogP contribution in [0.25, 0.3) is 0 Å². The Bertz CT molecular complexity index is 1830. The van der Waals surface area contributed by atoms with E-state index in [1.54, 1.807) is 0 Å². The predicted octanol–water partition coefficient (Wildman–Crippen LogP) is 7.07. The molecule has 0 aliphatic carbocycles. The maximum absolute atomic E-state index is 4.98. The molecule has 0 fully saturated rings. The molecule has 1 heterocycles. The summed E-state index contributed by atoms with van der Waals surface area (Å²) in [6.45, 7) is 0. The second-order valence-corrected chi connectivity index (χ2v) is 25.8. The van der Waals surface area contributed by atoms with E-state index in [1.807, 2.05) is 73.4 Å². The minimum absolute atomic E-state index is 0.863. The van der Waals surface area contributed by atoms with E-state index in [9.17, 15) is 0 Å². The molecule has 1 aliphatic heterocycles. The molecule has 7 rings (SSSR count). The number of hydrogen-bond donors (Lipinski definition) is 0. The van der Waals surface area contributed by atoms with Gasteiger partial charge in [-0.1, -0.05) is 0 Å². The van der Waals surface area contributed by atoms with Gasteiger partial charge in [-0.15, -0.1) is 0 Å². The Kier molecular flexibility index (Phi) is 9.93. The minimum atomic E-state index is -1.79. The number of aliphatic imine (C=N–C) groups is 4. The third-order valence-electron chi connectivity index (χ3n) is 8.12. The van der Waals surface area contributed by atoms with E-state index in [0.717, 1.165) is 22.7 Å². The Morgan fingerprint density at radius 2 is 0.478 bits per heavy atom. The van der Waals surface area contributed by atoms with Crippen LogP contribution in [0, 0.1) is 0 Å². The molecule has 0 unspecified atom stereocenters. The summed E-state index contributed by atoms with van der Waals surface area (Å²) in [4.78, 5) is 19.9. The molecule has 6 aromatic rings. The zero-order chi connectivity index (χ0) is 31.0. The van der Waals surface area contributed by atoms with Gasteiger partial charge in [0.1, 0.15) is 0 Å². The van der Waals surface area contributed by atoms with E-state index in [-0.39, 0.29) is 0 Å². The van der Waals surface area contributed by atoms with E-state index in [0.29, 0.717) is 0 Å². The van der Waals surface area contributed by atoms with Crippen molar-refractivity contribution >= 4 is 59.9 Å². The van der Waals surface area contributed by atoms with Crippen molar-refractivity contribution in [2.45, 2.75) is 0 Å². The van der Waals surface area contributed by atoms with Crippen LogP contribution in [0.4, 0.5) is 22.7 Å². The van der Waals surface area contributed by atoms with E-state index in [2.05, 4.69) is 97.1 Å². The molecule has 0 aromatic heterocycles. The predicted molar refractivity (Wildman–Crippen MR) is 186 cm³/mol. The maximum atomic E-state index is 4.98. The van der Waals surface area contributed by atoms with Crippen molar-refractivity contribution in [3.63, 3.8) is 0 Å². The van der Waals surface area contributed by atoms with Crippen molar-refractivity contribution in [1.82, 2.24) is 0 Å². The van der Waals surface area contributed by atoms with Crippen molar-refractivity contribution < 1.29 is 49.1 Å². The molecule has 212 valence electrons. The molecular formula is C40H28Hg2N4. The summed E-state index contributed by atoms with van der Waals surface area (Å²) >= 11 is -3.58. The Balaban J connectivity index is 1.36. The normalized spacial score (nSPS) is 12.0.